The zero-order valence-electron chi connectivity index (χ0n) is 16.4. The molecule has 2 saturated heterocycles. The minimum Gasteiger partial charge on any atom is -0.497 e. The molecule has 0 amide bonds. The van der Waals surface area contributed by atoms with Crippen molar-refractivity contribution in [2.75, 3.05) is 7.11 Å². The van der Waals surface area contributed by atoms with Crippen molar-refractivity contribution >= 4 is 0 Å². The van der Waals surface area contributed by atoms with Gasteiger partial charge in [0.2, 0.25) is 0 Å². The maximum absolute atomic E-state index is 5.86. The van der Waals surface area contributed by atoms with Crippen LogP contribution in [0.3, 0.4) is 0 Å². The Kier molecular flexibility index (Phi) is 4.47. The lowest BCUT2D eigenvalue weighted by Crippen LogP contribution is -2.41. The summed E-state index contributed by atoms with van der Waals surface area (Å²) in [6, 6.07) is 13.6. The van der Waals surface area contributed by atoms with Gasteiger partial charge in [0.05, 0.1) is 19.1 Å². The lowest BCUT2D eigenvalue weighted by molar-refractivity contribution is 0.116. The van der Waals surface area contributed by atoms with Crippen molar-refractivity contribution in [2.24, 2.45) is 0 Å². The van der Waals surface area contributed by atoms with Crippen LogP contribution in [-0.4, -0.2) is 29.1 Å². The molecule has 0 saturated carbocycles. The lowest BCUT2D eigenvalue weighted by Gasteiger charge is -2.39. The van der Waals surface area contributed by atoms with Gasteiger partial charge in [-0.3, -0.25) is 4.90 Å². The third-order valence-electron chi connectivity index (χ3n) is 6.43. The Labute approximate surface area is 165 Å². The molecule has 1 aromatic carbocycles. The molecule has 3 aromatic rings. The van der Waals surface area contributed by atoms with E-state index in [-0.39, 0.29) is 0 Å². The number of nitrogens with zero attached hydrogens (tertiary/aromatic N) is 2. The molecule has 1 unspecified atom stereocenters. The van der Waals surface area contributed by atoms with Crippen molar-refractivity contribution in [1.82, 2.24) is 9.88 Å². The molecule has 2 bridgehead atoms. The fraction of sp³-hybridized carbons (Fsp3) is 0.435. The first-order chi connectivity index (χ1) is 13.7. The van der Waals surface area contributed by atoms with Gasteiger partial charge in [0, 0.05) is 18.6 Å². The van der Waals surface area contributed by atoms with E-state index >= 15 is 0 Å². The molecule has 0 radical (unpaired) electrons. The second-order valence-corrected chi connectivity index (χ2v) is 8.00. The van der Waals surface area contributed by atoms with E-state index < -0.39 is 0 Å². The number of fused-ring (bicyclic) bond motifs is 2. The van der Waals surface area contributed by atoms with Gasteiger partial charge in [-0.1, -0.05) is 12.1 Å². The summed E-state index contributed by atoms with van der Waals surface area (Å²) in [6.45, 7) is 2.86. The minimum absolute atomic E-state index is 0.581. The third-order valence-corrected chi connectivity index (χ3v) is 6.43. The number of methoxy groups -OCH3 is 1. The SMILES string of the molecule is COc1ccc(C2C[C@H]3CC[C@@H](C2)N3Cc2nc(-c3ccco3)oc2C)cc1. The van der Waals surface area contributed by atoms with E-state index in [0.717, 1.165) is 23.7 Å². The van der Waals surface area contributed by atoms with Crippen molar-refractivity contribution < 1.29 is 13.6 Å². The fourth-order valence-electron chi connectivity index (χ4n) is 4.93. The molecule has 28 heavy (non-hydrogen) atoms. The first-order valence-electron chi connectivity index (χ1n) is 10.1. The highest BCUT2D eigenvalue weighted by molar-refractivity contribution is 5.44. The summed E-state index contributed by atoms with van der Waals surface area (Å²) in [5, 5.41) is 0. The van der Waals surface area contributed by atoms with Gasteiger partial charge in [0.1, 0.15) is 11.5 Å². The Bertz CT molecular complexity index is 915. The largest absolute Gasteiger partial charge is 0.497 e. The monoisotopic (exact) mass is 378 g/mol. The summed E-state index contributed by atoms with van der Waals surface area (Å²) in [5.41, 5.74) is 2.47. The highest BCUT2D eigenvalue weighted by atomic mass is 16.5. The lowest BCUT2D eigenvalue weighted by atomic mass is 9.85. The predicted molar refractivity (Wildman–Crippen MR) is 106 cm³/mol. The van der Waals surface area contributed by atoms with Gasteiger partial charge in [-0.05, 0) is 68.4 Å². The zero-order valence-corrected chi connectivity index (χ0v) is 16.4. The highest BCUT2D eigenvalue weighted by Gasteiger charge is 2.41. The topological polar surface area (TPSA) is 51.6 Å². The van der Waals surface area contributed by atoms with Gasteiger partial charge in [-0.15, -0.1) is 0 Å². The molecule has 5 rings (SSSR count). The number of hydrogen-bond acceptors (Lipinski definition) is 5. The number of piperidine rings is 1. The van der Waals surface area contributed by atoms with Crippen LogP contribution in [0.4, 0.5) is 0 Å². The predicted octanol–water partition coefficient (Wildman–Crippen LogP) is 5.16. The summed E-state index contributed by atoms with van der Waals surface area (Å²) in [5.74, 6) is 3.73. The van der Waals surface area contributed by atoms with E-state index in [9.17, 15) is 0 Å². The van der Waals surface area contributed by atoms with Crippen LogP contribution in [0.25, 0.3) is 11.7 Å². The molecular weight excluding hydrogens is 352 g/mol. The Hall–Kier alpha value is -2.53. The van der Waals surface area contributed by atoms with Crippen LogP contribution in [0.15, 0.2) is 51.5 Å². The van der Waals surface area contributed by atoms with Crippen LogP contribution < -0.4 is 4.74 Å². The van der Waals surface area contributed by atoms with E-state index in [0.29, 0.717) is 29.7 Å². The van der Waals surface area contributed by atoms with Crippen molar-refractivity contribution in [3.05, 3.63) is 59.7 Å². The minimum atomic E-state index is 0.581. The molecule has 146 valence electrons. The fourth-order valence-corrected chi connectivity index (χ4v) is 4.93. The van der Waals surface area contributed by atoms with Gasteiger partial charge in [0.25, 0.3) is 5.89 Å². The average Bonchev–Trinajstić information content (AvgIpc) is 3.42. The molecule has 3 atom stereocenters. The summed E-state index contributed by atoms with van der Waals surface area (Å²) >= 11 is 0. The molecule has 5 heteroatoms. The van der Waals surface area contributed by atoms with Crippen LogP contribution in [0.2, 0.25) is 0 Å². The Morgan fingerprint density at radius 1 is 1.11 bits per heavy atom. The summed E-state index contributed by atoms with van der Waals surface area (Å²) in [7, 11) is 1.72. The van der Waals surface area contributed by atoms with Crippen molar-refractivity contribution in [3.63, 3.8) is 0 Å². The number of ether oxygens (including phenoxy) is 1. The van der Waals surface area contributed by atoms with Gasteiger partial charge in [-0.25, -0.2) is 4.98 Å². The summed E-state index contributed by atoms with van der Waals surface area (Å²) < 4.78 is 16.6. The number of aryl methyl sites for hydroxylation is 1. The second kappa shape index (κ2) is 7.13. The van der Waals surface area contributed by atoms with Gasteiger partial charge in [-0.2, -0.15) is 0 Å². The molecular formula is C23H26N2O3. The number of oxazole rings is 1. The Balaban J connectivity index is 1.31. The van der Waals surface area contributed by atoms with Crippen LogP contribution in [-0.2, 0) is 6.54 Å². The van der Waals surface area contributed by atoms with Crippen LogP contribution in [0.1, 0.15) is 48.6 Å². The molecule has 5 nitrogen and oxygen atoms in total. The van der Waals surface area contributed by atoms with E-state index in [1.165, 1.54) is 31.2 Å². The van der Waals surface area contributed by atoms with Gasteiger partial charge < -0.3 is 13.6 Å². The Morgan fingerprint density at radius 2 is 1.86 bits per heavy atom. The highest BCUT2D eigenvalue weighted by Crippen LogP contribution is 2.44. The first kappa shape index (κ1) is 17.6. The molecule has 2 fully saturated rings. The second-order valence-electron chi connectivity index (χ2n) is 8.00. The summed E-state index contributed by atoms with van der Waals surface area (Å²) in [6.07, 6.45) is 6.63. The maximum atomic E-state index is 5.86. The summed E-state index contributed by atoms with van der Waals surface area (Å²) in [4.78, 5) is 7.37. The number of furan rings is 1. The molecule has 4 heterocycles. The van der Waals surface area contributed by atoms with E-state index in [1.54, 1.807) is 13.4 Å². The standard InChI is InChI=1S/C23H26N2O3/c1-15-21(24-23(28-15)22-4-3-11-27-22)14-25-18-7-8-19(25)13-17(12-18)16-5-9-20(26-2)10-6-16/h3-6,9-11,17-19H,7-8,12-14H2,1-2H3/t17?,18-,19+. The molecule has 0 spiro atoms. The van der Waals surface area contributed by atoms with E-state index in [2.05, 4.69) is 29.2 Å². The van der Waals surface area contributed by atoms with Crippen molar-refractivity contribution in [2.45, 2.75) is 57.2 Å². The number of rotatable bonds is 5. The maximum Gasteiger partial charge on any atom is 0.263 e. The molecule has 0 N–H and O–H groups in total. The van der Waals surface area contributed by atoms with Crippen LogP contribution in [0.5, 0.6) is 5.75 Å². The van der Waals surface area contributed by atoms with Crippen molar-refractivity contribution in [1.29, 1.82) is 0 Å². The molecule has 0 aliphatic carbocycles. The Morgan fingerprint density at radius 3 is 2.50 bits per heavy atom. The van der Waals surface area contributed by atoms with Gasteiger partial charge >= 0.3 is 0 Å². The van der Waals surface area contributed by atoms with Crippen molar-refractivity contribution in [3.8, 4) is 17.4 Å². The number of hydrogen-bond donors (Lipinski definition) is 0. The molecule has 2 aromatic heterocycles. The molecule has 2 aliphatic heterocycles. The average molecular weight is 378 g/mol. The van der Waals surface area contributed by atoms with E-state index in [4.69, 9.17) is 18.6 Å². The third kappa shape index (κ3) is 3.14. The normalized spacial score (nSPS) is 24.6. The number of aromatic nitrogens is 1. The van der Waals surface area contributed by atoms with Crippen LogP contribution >= 0.6 is 0 Å². The molecule has 2 aliphatic rings. The smallest absolute Gasteiger partial charge is 0.263 e. The number of benzene rings is 1. The van der Waals surface area contributed by atoms with E-state index in [1.807, 2.05) is 19.1 Å². The first-order valence-corrected chi connectivity index (χ1v) is 10.1. The zero-order chi connectivity index (χ0) is 19.1. The van der Waals surface area contributed by atoms with Gasteiger partial charge in [0.15, 0.2) is 5.76 Å². The quantitative estimate of drug-likeness (QED) is 0.614. The van der Waals surface area contributed by atoms with Crippen LogP contribution in [0, 0.1) is 6.92 Å².